The normalized spacial score (nSPS) is 13.5. The first-order valence-corrected chi connectivity index (χ1v) is 3.65. The maximum atomic E-state index is 4.15. The van der Waals surface area contributed by atoms with E-state index in [0.29, 0.717) is 0 Å². The third kappa shape index (κ3) is 1.98. The van der Waals surface area contributed by atoms with Crippen LogP contribution in [0.5, 0.6) is 0 Å². The summed E-state index contributed by atoms with van der Waals surface area (Å²) in [7, 11) is 4.03. The van der Waals surface area contributed by atoms with Gasteiger partial charge in [-0.25, -0.2) is 9.97 Å². The van der Waals surface area contributed by atoms with E-state index in [-0.39, 0.29) is 6.04 Å². The van der Waals surface area contributed by atoms with Crippen LogP contribution in [0.2, 0.25) is 0 Å². The largest absolute Gasteiger partial charge is 0.300 e. The lowest BCUT2D eigenvalue weighted by molar-refractivity contribution is 0.308. The zero-order chi connectivity index (χ0) is 8.27. The summed E-state index contributed by atoms with van der Waals surface area (Å²) in [6.07, 6.45) is 3.53. The van der Waals surface area contributed by atoms with E-state index in [1.807, 2.05) is 20.2 Å². The Labute approximate surface area is 67.1 Å². The predicted octanol–water partition coefficient (Wildman–Crippen LogP) is 1.10. The number of aromatic nitrogens is 2. The van der Waals surface area contributed by atoms with E-state index in [2.05, 4.69) is 21.8 Å². The van der Waals surface area contributed by atoms with Crippen molar-refractivity contribution in [2.45, 2.75) is 13.0 Å². The molecule has 1 unspecified atom stereocenters. The van der Waals surface area contributed by atoms with Gasteiger partial charge in [0.25, 0.3) is 0 Å². The Morgan fingerprint density at radius 1 is 1.27 bits per heavy atom. The van der Waals surface area contributed by atoms with Crippen molar-refractivity contribution in [3.63, 3.8) is 0 Å². The molecular weight excluding hydrogens is 138 g/mol. The van der Waals surface area contributed by atoms with Gasteiger partial charge in [-0.15, -0.1) is 0 Å². The van der Waals surface area contributed by atoms with Gasteiger partial charge in [0, 0.05) is 12.4 Å². The number of hydrogen-bond acceptors (Lipinski definition) is 3. The highest BCUT2D eigenvalue weighted by Gasteiger charge is 2.08. The molecule has 11 heavy (non-hydrogen) atoms. The Morgan fingerprint density at radius 2 is 1.82 bits per heavy atom. The van der Waals surface area contributed by atoms with Gasteiger partial charge in [0.15, 0.2) is 0 Å². The highest BCUT2D eigenvalue weighted by atomic mass is 15.1. The van der Waals surface area contributed by atoms with E-state index in [1.54, 1.807) is 12.4 Å². The minimum Gasteiger partial charge on any atom is -0.300 e. The molecule has 0 fully saturated rings. The van der Waals surface area contributed by atoms with Gasteiger partial charge in [-0.1, -0.05) is 0 Å². The molecule has 60 valence electrons. The van der Waals surface area contributed by atoms with Crippen LogP contribution in [-0.4, -0.2) is 29.0 Å². The molecule has 3 nitrogen and oxygen atoms in total. The molecule has 0 amide bonds. The van der Waals surface area contributed by atoms with Crippen LogP contribution in [0.1, 0.15) is 18.8 Å². The van der Waals surface area contributed by atoms with Crippen LogP contribution in [0.25, 0.3) is 0 Å². The molecule has 0 aliphatic rings. The molecule has 0 aliphatic carbocycles. The summed E-state index contributed by atoms with van der Waals surface area (Å²) in [5, 5.41) is 0. The van der Waals surface area contributed by atoms with Crippen LogP contribution >= 0.6 is 0 Å². The first-order valence-electron chi connectivity index (χ1n) is 3.65. The number of rotatable bonds is 2. The minimum absolute atomic E-state index is 0.288. The van der Waals surface area contributed by atoms with Crippen LogP contribution in [-0.2, 0) is 0 Å². The Balaban J connectivity index is 2.77. The Kier molecular flexibility index (Phi) is 2.54. The number of nitrogens with zero attached hydrogens (tertiary/aromatic N) is 3. The quantitative estimate of drug-likeness (QED) is 0.633. The van der Waals surface area contributed by atoms with Crippen molar-refractivity contribution in [1.29, 1.82) is 0 Å². The highest BCUT2D eigenvalue weighted by molar-refractivity contribution is 4.93. The Hall–Kier alpha value is -0.960. The molecule has 1 aromatic rings. The zero-order valence-corrected chi connectivity index (χ0v) is 7.15. The molecule has 1 rings (SSSR count). The van der Waals surface area contributed by atoms with E-state index in [1.165, 1.54) is 0 Å². The maximum Gasteiger partial charge on any atom is 0.144 e. The van der Waals surface area contributed by atoms with E-state index < -0.39 is 0 Å². The third-order valence-electron chi connectivity index (χ3n) is 1.73. The molecule has 0 aromatic carbocycles. The molecule has 0 N–H and O–H groups in total. The second kappa shape index (κ2) is 3.44. The van der Waals surface area contributed by atoms with Gasteiger partial charge in [0.2, 0.25) is 0 Å². The molecule has 0 aliphatic heterocycles. The smallest absolute Gasteiger partial charge is 0.144 e. The van der Waals surface area contributed by atoms with Crippen molar-refractivity contribution in [2.24, 2.45) is 0 Å². The lowest BCUT2D eigenvalue weighted by atomic mass is 10.3. The maximum absolute atomic E-state index is 4.15. The second-order valence-electron chi connectivity index (χ2n) is 2.75. The third-order valence-corrected chi connectivity index (χ3v) is 1.73. The molecule has 3 heteroatoms. The summed E-state index contributed by atoms with van der Waals surface area (Å²) in [6, 6.07) is 2.11. The average Bonchev–Trinajstić information content (AvgIpc) is 2.05. The van der Waals surface area contributed by atoms with Gasteiger partial charge in [-0.05, 0) is 27.1 Å². The summed E-state index contributed by atoms with van der Waals surface area (Å²) in [5.74, 6) is 0.873. The molecule has 0 spiro atoms. The van der Waals surface area contributed by atoms with E-state index in [4.69, 9.17) is 0 Å². The van der Waals surface area contributed by atoms with Crippen molar-refractivity contribution < 1.29 is 0 Å². The first-order chi connectivity index (χ1) is 5.22. The summed E-state index contributed by atoms with van der Waals surface area (Å²) < 4.78 is 0. The average molecular weight is 151 g/mol. The van der Waals surface area contributed by atoms with Gasteiger partial charge in [0.05, 0.1) is 6.04 Å². The van der Waals surface area contributed by atoms with E-state index in [9.17, 15) is 0 Å². The van der Waals surface area contributed by atoms with Gasteiger partial charge in [-0.3, -0.25) is 4.90 Å². The monoisotopic (exact) mass is 151 g/mol. The lowest BCUT2D eigenvalue weighted by Crippen LogP contribution is -2.18. The fourth-order valence-corrected chi connectivity index (χ4v) is 0.757. The number of hydrogen-bond donors (Lipinski definition) is 0. The summed E-state index contributed by atoms with van der Waals surface area (Å²) in [6.45, 7) is 2.08. The zero-order valence-electron chi connectivity index (χ0n) is 7.15. The molecule has 0 radical (unpaired) electrons. The van der Waals surface area contributed by atoms with Crippen LogP contribution in [0.3, 0.4) is 0 Å². The predicted molar refractivity (Wildman–Crippen MR) is 44.1 cm³/mol. The van der Waals surface area contributed by atoms with Crippen LogP contribution < -0.4 is 0 Å². The van der Waals surface area contributed by atoms with E-state index in [0.717, 1.165) is 5.82 Å². The van der Waals surface area contributed by atoms with Crippen molar-refractivity contribution in [3.8, 4) is 0 Å². The summed E-state index contributed by atoms with van der Waals surface area (Å²) in [4.78, 5) is 10.4. The van der Waals surface area contributed by atoms with Crippen LogP contribution in [0.4, 0.5) is 0 Å². The molecule has 0 bridgehead atoms. The fourth-order valence-electron chi connectivity index (χ4n) is 0.757. The summed E-state index contributed by atoms with van der Waals surface area (Å²) >= 11 is 0. The van der Waals surface area contributed by atoms with Crippen molar-refractivity contribution >= 4 is 0 Å². The Morgan fingerprint density at radius 3 is 2.27 bits per heavy atom. The second-order valence-corrected chi connectivity index (χ2v) is 2.75. The van der Waals surface area contributed by atoms with Crippen molar-refractivity contribution in [1.82, 2.24) is 14.9 Å². The molecule has 1 aromatic heterocycles. The highest BCUT2D eigenvalue weighted by Crippen LogP contribution is 2.09. The van der Waals surface area contributed by atoms with E-state index >= 15 is 0 Å². The van der Waals surface area contributed by atoms with Gasteiger partial charge in [-0.2, -0.15) is 0 Å². The molecule has 0 saturated heterocycles. The summed E-state index contributed by atoms with van der Waals surface area (Å²) in [5.41, 5.74) is 0. The van der Waals surface area contributed by atoms with Crippen LogP contribution in [0, 0.1) is 0 Å². The molecule has 1 heterocycles. The van der Waals surface area contributed by atoms with Gasteiger partial charge in [0.1, 0.15) is 5.82 Å². The standard InChI is InChI=1S/C8H13N3/c1-7(11(2)3)8-9-5-4-6-10-8/h4-7H,1-3H3. The topological polar surface area (TPSA) is 29.0 Å². The lowest BCUT2D eigenvalue weighted by Gasteiger charge is -2.17. The first kappa shape index (κ1) is 8.14. The SMILES string of the molecule is CC(c1ncccn1)N(C)C. The Bertz CT molecular complexity index is 208. The van der Waals surface area contributed by atoms with Gasteiger partial charge >= 0.3 is 0 Å². The van der Waals surface area contributed by atoms with Crippen LogP contribution in [0.15, 0.2) is 18.5 Å². The van der Waals surface area contributed by atoms with Gasteiger partial charge < -0.3 is 0 Å². The molecule has 0 saturated carbocycles. The molecular formula is C8H13N3. The fraction of sp³-hybridized carbons (Fsp3) is 0.500. The van der Waals surface area contributed by atoms with Crippen molar-refractivity contribution in [2.75, 3.05) is 14.1 Å². The molecule has 1 atom stereocenters. The van der Waals surface area contributed by atoms with Crippen molar-refractivity contribution in [3.05, 3.63) is 24.3 Å². The minimum atomic E-state index is 0.288.